The van der Waals surface area contributed by atoms with E-state index in [-0.39, 0.29) is 49.2 Å². The molecule has 1 aliphatic carbocycles. The van der Waals surface area contributed by atoms with E-state index in [1.54, 1.807) is 7.11 Å². The fourth-order valence-electron chi connectivity index (χ4n) is 2.00. The second-order valence-electron chi connectivity index (χ2n) is 4.24. The average Bonchev–Trinajstić information content (AvgIpc) is 2.73. The van der Waals surface area contributed by atoms with E-state index in [2.05, 4.69) is 10.6 Å². The van der Waals surface area contributed by atoms with Crippen molar-refractivity contribution in [2.75, 3.05) is 26.8 Å². The molecule has 18 heavy (non-hydrogen) atoms. The first-order valence-corrected chi connectivity index (χ1v) is 6.56. The number of ether oxygens (including phenoxy) is 1. The molecule has 0 bridgehead atoms. The summed E-state index contributed by atoms with van der Waals surface area (Å²) in [5.74, 6) is 0.889. The summed E-state index contributed by atoms with van der Waals surface area (Å²) < 4.78 is 5.03. The van der Waals surface area contributed by atoms with E-state index in [0.29, 0.717) is 0 Å². The second kappa shape index (κ2) is 18.1. The molecule has 0 aromatic carbocycles. The zero-order valence-corrected chi connectivity index (χ0v) is 16.6. The first-order valence-electron chi connectivity index (χ1n) is 6.56. The van der Waals surface area contributed by atoms with Crippen LogP contribution in [-0.2, 0) is 4.74 Å². The Kier molecular flexibility index (Phi) is 24.2. The molecule has 0 aliphatic heterocycles. The van der Waals surface area contributed by atoms with Gasteiger partial charge in [-0.05, 0) is 18.8 Å². The van der Waals surface area contributed by atoms with Gasteiger partial charge < -0.3 is 22.8 Å². The van der Waals surface area contributed by atoms with Gasteiger partial charge in [-0.1, -0.05) is 26.7 Å². The molecule has 0 spiro atoms. The van der Waals surface area contributed by atoms with E-state index in [1.807, 2.05) is 20.8 Å². The molecule has 0 aromatic rings. The molecule has 1 saturated carbocycles. The second-order valence-corrected chi connectivity index (χ2v) is 4.24. The van der Waals surface area contributed by atoms with Gasteiger partial charge in [0.2, 0.25) is 0 Å². The van der Waals surface area contributed by atoms with Crippen molar-refractivity contribution < 1.29 is 40.3 Å². The first kappa shape index (κ1) is 24.1. The third-order valence-electron chi connectivity index (χ3n) is 2.77. The van der Waals surface area contributed by atoms with Crippen molar-refractivity contribution in [3.8, 4) is 0 Å². The molecule has 0 N–H and O–H groups in total. The summed E-state index contributed by atoms with van der Waals surface area (Å²) in [7, 11) is 1.79. The molecular formula is C14H31LaN2O. The topological polar surface area (TPSA) is 37.4 Å². The summed E-state index contributed by atoms with van der Waals surface area (Å²) in [6.07, 6.45) is 5.86. The molecule has 0 atom stereocenters. The normalized spacial score (nSPS) is 14.5. The van der Waals surface area contributed by atoms with E-state index < -0.39 is 0 Å². The van der Waals surface area contributed by atoms with Crippen LogP contribution in [0, 0.1) is 48.9 Å². The average molecular weight is 382 g/mol. The molecule has 106 valence electrons. The van der Waals surface area contributed by atoms with Gasteiger partial charge in [0.25, 0.3) is 0 Å². The van der Waals surface area contributed by atoms with Gasteiger partial charge in [-0.25, -0.2) is 6.17 Å². The van der Waals surface area contributed by atoms with Crippen LogP contribution in [0.5, 0.6) is 0 Å². The molecule has 0 saturated heterocycles. The zero-order chi connectivity index (χ0) is 12.2. The Morgan fingerprint density at radius 1 is 1.11 bits per heavy atom. The van der Waals surface area contributed by atoms with Crippen molar-refractivity contribution >= 4 is 0 Å². The SMILES string of the molecule is CC[N-]C(C)[N-]CC.COCC1CCCC1.[CH3-].[La+3]. The largest absolute Gasteiger partial charge is 3.00 e. The van der Waals surface area contributed by atoms with Crippen molar-refractivity contribution in [1.82, 2.24) is 0 Å². The Morgan fingerprint density at radius 3 is 1.89 bits per heavy atom. The Labute approximate surface area is 143 Å². The van der Waals surface area contributed by atoms with Gasteiger partial charge in [-0.3, -0.25) is 0 Å². The van der Waals surface area contributed by atoms with Crippen LogP contribution in [0.25, 0.3) is 10.6 Å². The maximum Gasteiger partial charge on any atom is 3.00 e. The monoisotopic (exact) mass is 382 g/mol. The van der Waals surface area contributed by atoms with E-state index >= 15 is 0 Å². The van der Waals surface area contributed by atoms with Gasteiger partial charge in [0, 0.05) is 13.7 Å². The van der Waals surface area contributed by atoms with Crippen molar-refractivity contribution in [3.05, 3.63) is 18.1 Å². The van der Waals surface area contributed by atoms with Crippen LogP contribution in [0.4, 0.5) is 0 Å². The van der Waals surface area contributed by atoms with Crippen molar-refractivity contribution in [3.63, 3.8) is 0 Å². The van der Waals surface area contributed by atoms with Crippen molar-refractivity contribution in [2.24, 2.45) is 5.92 Å². The molecule has 0 aromatic heterocycles. The van der Waals surface area contributed by atoms with E-state index in [1.165, 1.54) is 25.7 Å². The van der Waals surface area contributed by atoms with Crippen LogP contribution < -0.4 is 0 Å². The summed E-state index contributed by atoms with van der Waals surface area (Å²) in [5, 5.41) is 8.30. The van der Waals surface area contributed by atoms with Gasteiger partial charge >= 0.3 is 35.6 Å². The molecular weight excluding hydrogens is 351 g/mol. The van der Waals surface area contributed by atoms with E-state index in [0.717, 1.165) is 25.6 Å². The summed E-state index contributed by atoms with van der Waals surface area (Å²) in [4.78, 5) is 0. The van der Waals surface area contributed by atoms with Gasteiger partial charge in [-0.15, -0.1) is 6.92 Å². The van der Waals surface area contributed by atoms with Crippen LogP contribution in [0.1, 0.15) is 46.5 Å². The third-order valence-corrected chi connectivity index (χ3v) is 2.77. The Hall–Kier alpha value is 1.07. The quantitative estimate of drug-likeness (QED) is 0.628. The van der Waals surface area contributed by atoms with Crippen molar-refractivity contribution in [1.29, 1.82) is 0 Å². The van der Waals surface area contributed by atoms with Crippen LogP contribution in [0.3, 0.4) is 0 Å². The van der Waals surface area contributed by atoms with Gasteiger partial charge in [0.05, 0.1) is 0 Å². The van der Waals surface area contributed by atoms with Crippen molar-refractivity contribution in [2.45, 2.75) is 52.6 Å². The zero-order valence-electron chi connectivity index (χ0n) is 13.0. The molecule has 4 heteroatoms. The van der Waals surface area contributed by atoms with Crippen LogP contribution in [0.2, 0.25) is 0 Å². The molecule has 0 radical (unpaired) electrons. The molecule has 3 nitrogen and oxygen atoms in total. The maximum atomic E-state index is 5.03. The standard InChI is InChI=1S/C7H14O.C6H14N2.CH3.La/c1-8-6-7-4-2-3-5-7;1-4-7-6(3)8-5-2;;/h7H,2-6H2,1H3;6H,4-5H2,1-3H3;1H3;/q;-2;-1;+3. The summed E-state index contributed by atoms with van der Waals surface area (Å²) >= 11 is 0. The summed E-state index contributed by atoms with van der Waals surface area (Å²) in [6, 6.07) is 0. The smallest absolute Gasteiger partial charge is 0.678 e. The third kappa shape index (κ3) is 15.1. The fraction of sp³-hybridized carbons (Fsp3) is 0.929. The molecule has 0 amide bonds. The Bertz CT molecular complexity index is 136. The summed E-state index contributed by atoms with van der Waals surface area (Å²) in [5.41, 5.74) is 0. The minimum Gasteiger partial charge on any atom is -0.678 e. The first-order chi connectivity index (χ1) is 7.74. The number of rotatable bonds is 6. The predicted octanol–water partition coefficient (Wildman–Crippen LogP) is 4.39. The Balaban J connectivity index is -0.000000225. The maximum absolute atomic E-state index is 5.03. The fourth-order valence-corrected chi connectivity index (χ4v) is 2.00. The molecule has 0 unspecified atom stereocenters. The number of hydrogen-bond acceptors (Lipinski definition) is 1. The number of methoxy groups -OCH3 is 1. The van der Waals surface area contributed by atoms with Gasteiger partial charge in [0.15, 0.2) is 0 Å². The predicted molar refractivity (Wildman–Crippen MR) is 77.5 cm³/mol. The minimum atomic E-state index is 0. The Morgan fingerprint density at radius 2 is 1.56 bits per heavy atom. The molecule has 1 aliphatic rings. The minimum absolute atomic E-state index is 0. The number of nitrogens with zero attached hydrogens (tertiary/aromatic N) is 2. The van der Waals surface area contributed by atoms with Gasteiger partial charge in [0.1, 0.15) is 0 Å². The van der Waals surface area contributed by atoms with E-state index in [9.17, 15) is 0 Å². The van der Waals surface area contributed by atoms with Gasteiger partial charge in [-0.2, -0.15) is 13.1 Å². The van der Waals surface area contributed by atoms with Crippen LogP contribution >= 0.6 is 0 Å². The molecule has 1 rings (SSSR count). The van der Waals surface area contributed by atoms with Crippen LogP contribution in [-0.4, -0.2) is 33.0 Å². The molecule has 1 fully saturated rings. The van der Waals surface area contributed by atoms with E-state index in [4.69, 9.17) is 4.74 Å². The molecule has 0 heterocycles. The summed E-state index contributed by atoms with van der Waals surface area (Å²) in [6.45, 7) is 8.81. The number of hydrogen-bond donors (Lipinski definition) is 0. The van der Waals surface area contributed by atoms with Crippen LogP contribution in [0.15, 0.2) is 0 Å².